The molecule has 0 spiro atoms. The molecule has 0 aromatic carbocycles. The van der Waals surface area contributed by atoms with E-state index in [-0.39, 0.29) is 5.91 Å². The Balaban J connectivity index is 2.35. The van der Waals surface area contributed by atoms with Gasteiger partial charge in [-0.25, -0.2) is 0 Å². The van der Waals surface area contributed by atoms with Crippen LogP contribution in [0.2, 0.25) is 0 Å². The Labute approximate surface area is 91.9 Å². The molecule has 1 fully saturated rings. The highest BCUT2D eigenvalue weighted by molar-refractivity contribution is 5.87. The molecule has 86 valence electrons. The van der Waals surface area contributed by atoms with E-state index in [2.05, 4.69) is 23.7 Å². The van der Waals surface area contributed by atoms with Crippen LogP contribution in [0.4, 0.5) is 0 Å². The third-order valence-electron chi connectivity index (χ3n) is 2.92. The average Bonchev–Trinajstić information content (AvgIpc) is 2.28. The van der Waals surface area contributed by atoms with Gasteiger partial charge in [-0.3, -0.25) is 9.69 Å². The molecule has 0 aromatic heterocycles. The molecule has 1 saturated heterocycles. The van der Waals surface area contributed by atoms with Crippen LogP contribution in [0.1, 0.15) is 6.92 Å². The molecule has 4 heteroatoms. The maximum atomic E-state index is 11.3. The minimum Gasteiger partial charge on any atom is -0.337 e. The van der Waals surface area contributed by atoms with Crippen molar-refractivity contribution in [1.82, 2.24) is 15.1 Å². The maximum Gasteiger partial charge on any atom is 0.246 e. The van der Waals surface area contributed by atoms with Gasteiger partial charge in [-0.05, 0) is 20.0 Å². The summed E-state index contributed by atoms with van der Waals surface area (Å²) in [5, 5.41) is 3.17. The predicted octanol–water partition coefficient (Wildman–Crippen LogP) is -0.0755. The van der Waals surface area contributed by atoms with E-state index < -0.39 is 0 Å². The fraction of sp³-hybridized carbons (Fsp3) is 0.727. The van der Waals surface area contributed by atoms with Crippen molar-refractivity contribution in [3.63, 3.8) is 0 Å². The summed E-state index contributed by atoms with van der Waals surface area (Å²) in [6.07, 6.45) is 1.40. The van der Waals surface area contributed by atoms with Crippen molar-refractivity contribution < 1.29 is 4.79 Å². The second-order valence-electron chi connectivity index (χ2n) is 3.97. The van der Waals surface area contributed by atoms with Gasteiger partial charge in [-0.2, -0.15) is 0 Å². The molecule has 0 radical (unpaired) electrons. The molecule has 0 aromatic rings. The zero-order chi connectivity index (χ0) is 11.3. The number of piperazine rings is 1. The van der Waals surface area contributed by atoms with Crippen LogP contribution in [0.25, 0.3) is 0 Å². The summed E-state index contributed by atoms with van der Waals surface area (Å²) in [4.78, 5) is 15.6. The molecule has 0 saturated carbocycles. The van der Waals surface area contributed by atoms with E-state index in [1.165, 1.54) is 6.08 Å². The van der Waals surface area contributed by atoms with Crippen LogP contribution in [0.3, 0.4) is 0 Å². The number of nitrogens with one attached hydrogen (secondary N) is 1. The van der Waals surface area contributed by atoms with Crippen molar-refractivity contribution in [2.24, 2.45) is 0 Å². The SMILES string of the molecule is C=CC(=O)N1CCN(C(C)CNC)CC1. The minimum absolute atomic E-state index is 0.0518. The van der Waals surface area contributed by atoms with Gasteiger partial charge in [-0.15, -0.1) is 0 Å². The normalized spacial score (nSPS) is 20.0. The molecule has 1 aliphatic heterocycles. The standard InChI is InChI=1S/C11H21N3O/c1-4-11(15)14-7-5-13(6-8-14)10(2)9-12-3/h4,10,12H,1,5-9H2,2-3H3. The summed E-state index contributed by atoms with van der Waals surface area (Å²) in [6, 6.07) is 0.538. The lowest BCUT2D eigenvalue weighted by Crippen LogP contribution is -2.52. The number of nitrogens with zero attached hydrogens (tertiary/aromatic N) is 2. The third kappa shape index (κ3) is 3.32. The first-order valence-corrected chi connectivity index (χ1v) is 5.49. The van der Waals surface area contributed by atoms with Gasteiger partial charge in [0.05, 0.1) is 0 Å². The summed E-state index contributed by atoms with van der Waals surface area (Å²) >= 11 is 0. The zero-order valence-corrected chi connectivity index (χ0v) is 9.70. The summed E-state index contributed by atoms with van der Waals surface area (Å²) in [5.41, 5.74) is 0. The summed E-state index contributed by atoms with van der Waals surface area (Å²) < 4.78 is 0. The molecule has 4 nitrogen and oxygen atoms in total. The topological polar surface area (TPSA) is 35.6 Å². The van der Waals surface area contributed by atoms with Gasteiger partial charge in [0.2, 0.25) is 5.91 Å². The lowest BCUT2D eigenvalue weighted by Gasteiger charge is -2.37. The molecule has 0 bridgehead atoms. The van der Waals surface area contributed by atoms with Gasteiger partial charge in [0.15, 0.2) is 0 Å². The fourth-order valence-electron chi connectivity index (χ4n) is 1.94. The van der Waals surface area contributed by atoms with E-state index in [1.54, 1.807) is 0 Å². The second kappa shape index (κ2) is 5.88. The molecule has 1 amide bonds. The van der Waals surface area contributed by atoms with E-state index >= 15 is 0 Å². The Morgan fingerprint density at radius 2 is 2.07 bits per heavy atom. The van der Waals surface area contributed by atoms with Crippen LogP contribution < -0.4 is 5.32 Å². The number of carbonyl (C=O) groups excluding carboxylic acids is 1. The smallest absolute Gasteiger partial charge is 0.246 e. The van der Waals surface area contributed by atoms with Crippen molar-refractivity contribution in [2.45, 2.75) is 13.0 Å². The Morgan fingerprint density at radius 3 is 2.53 bits per heavy atom. The van der Waals surface area contributed by atoms with E-state index in [1.807, 2.05) is 11.9 Å². The Hall–Kier alpha value is -0.870. The first-order valence-electron chi connectivity index (χ1n) is 5.49. The number of likely N-dealkylation sites (N-methyl/N-ethyl adjacent to an activating group) is 1. The molecule has 1 atom stereocenters. The molecule has 1 rings (SSSR count). The van der Waals surface area contributed by atoms with Gasteiger partial charge in [0, 0.05) is 38.8 Å². The van der Waals surface area contributed by atoms with Crippen molar-refractivity contribution in [3.8, 4) is 0 Å². The quantitative estimate of drug-likeness (QED) is 0.661. The Morgan fingerprint density at radius 1 is 1.47 bits per heavy atom. The van der Waals surface area contributed by atoms with Gasteiger partial charge in [-0.1, -0.05) is 6.58 Å². The number of rotatable bonds is 4. The summed E-state index contributed by atoms with van der Waals surface area (Å²) in [7, 11) is 1.97. The average molecular weight is 211 g/mol. The van der Waals surface area contributed by atoms with Crippen molar-refractivity contribution >= 4 is 5.91 Å². The molecule has 1 unspecified atom stereocenters. The van der Waals surface area contributed by atoms with E-state index in [0.717, 1.165) is 32.7 Å². The predicted molar refractivity (Wildman–Crippen MR) is 61.7 cm³/mol. The van der Waals surface area contributed by atoms with Crippen molar-refractivity contribution in [2.75, 3.05) is 39.8 Å². The number of hydrogen-bond donors (Lipinski definition) is 1. The fourth-order valence-corrected chi connectivity index (χ4v) is 1.94. The van der Waals surface area contributed by atoms with Crippen LogP contribution in [0.5, 0.6) is 0 Å². The summed E-state index contributed by atoms with van der Waals surface area (Å²) in [5.74, 6) is 0.0518. The lowest BCUT2D eigenvalue weighted by molar-refractivity contribution is -0.127. The Bertz CT molecular complexity index is 222. The Kier molecular flexibility index (Phi) is 4.78. The largest absolute Gasteiger partial charge is 0.337 e. The highest BCUT2D eigenvalue weighted by Gasteiger charge is 2.22. The van der Waals surface area contributed by atoms with Crippen LogP contribution in [0, 0.1) is 0 Å². The molecule has 1 heterocycles. The summed E-state index contributed by atoms with van der Waals surface area (Å²) in [6.45, 7) is 10.3. The van der Waals surface area contributed by atoms with Crippen molar-refractivity contribution in [3.05, 3.63) is 12.7 Å². The maximum absolute atomic E-state index is 11.3. The van der Waals surface area contributed by atoms with E-state index in [9.17, 15) is 4.79 Å². The monoisotopic (exact) mass is 211 g/mol. The first kappa shape index (κ1) is 12.2. The van der Waals surface area contributed by atoms with E-state index in [0.29, 0.717) is 6.04 Å². The molecular formula is C11H21N3O. The second-order valence-corrected chi connectivity index (χ2v) is 3.97. The minimum atomic E-state index is 0.0518. The highest BCUT2D eigenvalue weighted by Crippen LogP contribution is 2.06. The zero-order valence-electron chi connectivity index (χ0n) is 9.70. The number of amides is 1. The van der Waals surface area contributed by atoms with Gasteiger partial charge >= 0.3 is 0 Å². The molecule has 1 N–H and O–H groups in total. The lowest BCUT2D eigenvalue weighted by atomic mass is 10.2. The van der Waals surface area contributed by atoms with E-state index in [4.69, 9.17) is 0 Å². The van der Waals surface area contributed by atoms with Crippen LogP contribution in [-0.4, -0.2) is 61.5 Å². The number of hydrogen-bond acceptors (Lipinski definition) is 3. The molecular weight excluding hydrogens is 190 g/mol. The molecule has 0 aliphatic carbocycles. The van der Waals surface area contributed by atoms with Crippen LogP contribution in [-0.2, 0) is 4.79 Å². The first-order chi connectivity index (χ1) is 7.19. The molecule has 15 heavy (non-hydrogen) atoms. The van der Waals surface area contributed by atoms with Gasteiger partial charge < -0.3 is 10.2 Å². The van der Waals surface area contributed by atoms with Crippen LogP contribution >= 0.6 is 0 Å². The highest BCUT2D eigenvalue weighted by atomic mass is 16.2. The van der Waals surface area contributed by atoms with Gasteiger partial charge in [0.25, 0.3) is 0 Å². The molecule has 1 aliphatic rings. The van der Waals surface area contributed by atoms with Crippen LogP contribution in [0.15, 0.2) is 12.7 Å². The number of carbonyl (C=O) groups is 1. The van der Waals surface area contributed by atoms with Gasteiger partial charge in [0.1, 0.15) is 0 Å². The van der Waals surface area contributed by atoms with Crippen molar-refractivity contribution in [1.29, 1.82) is 0 Å². The third-order valence-corrected chi connectivity index (χ3v) is 2.92.